The Hall–Kier alpha value is -2.76. The average Bonchev–Trinajstić information content (AvgIpc) is 3.32. The number of carbonyl (C=O) groups is 2. The lowest BCUT2D eigenvalue weighted by atomic mass is 10.0. The monoisotopic (exact) mass is 448 g/mol. The van der Waals surface area contributed by atoms with Gasteiger partial charge in [0, 0.05) is 28.4 Å². The van der Waals surface area contributed by atoms with E-state index in [1.54, 1.807) is 29.2 Å². The lowest BCUT2D eigenvalue weighted by Crippen LogP contribution is -2.50. The van der Waals surface area contributed by atoms with Crippen molar-refractivity contribution in [3.8, 4) is 0 Å². The molecule has 0 aromatic heterocycles. The van der Waals surface area contributed by atoms with Crippen LogP contribution in [0.2, 0.25) is 5.02 Å². The molecule has 1 saturated heterocycles. The highest BCUT2D eigenvalue weighted by Gasteiger charge is 2.59. The molecule has 0 radical (unpaired) electrons. The van der Waals surface area contributed by atoms with Gasteiger partial charge in [-0.15, -0.1) is 11.8 Å². The SMILES string of the molecule is Cc1ccccc1CN1C(=O)[C@]2(SCCN2C(=O)c2cccc(Cl)c2)c2ccccc21. The van der Waals surface area contributed by atoms with Gasteiger partial charge in [0.15, 0.2) is 4.87 Å². The summed E-state index contributed by atoms with van der Waals surface area (Å²) in [6.45, 7) is 3.04. The highest BCUT2D eigenvalue weighted by molar-refractivity contribution is 8.01. The lowest BCUT2D eigenvalue weighted by molar-refractivity contribution is -0.123. The van der Waals surface area contributed by atoms with E-state index in [2.05, 4.69) is 13.0 Å². The Kier molecular flexibility index (Phi) is 5.03. The number of aryl methyl sites for hydroxylation is 1. The van der Waals surface area contributed by atoms with Crippen molar-refractivity contribution >= 4 is 40.9 Å². The van der Waals surface area contributed by atoms with E-state index in [0.717, 1.165) is 22.4 Å². The van der Waals surface area contributed by atoms with Gasteiger partial charge in [-0.2, -0.15) is 0 Å². The Bertz CT molecular complexity index is 1200. The smallest absolute Gasteiger partial charge is 0.268 e. The summed E-state index contributed by atoms with van der Waals surface area (Å²) in [5.41, 5.74) is 4.48. The molecular weight excluding hydrogens is 428 g/mol. The number of hydrogen-bond donors (Lipinski definition) is 0. The van der Waals surface area contributed by atoms with Crippen LogP contribution >= 0.6 is 23.4 Å². The number of carbonyl (C=O) groups excluding carboxylic acids is 2. The Morgan fingerprint density at radius 3 is 2.65 bits per heavy atom. The van der Waals surface area contributed by atoms with Gasteiger partial charge in [0.25, 0.3) is 11.8 Å². The summed E-state index contributed by atoms with van der Waals surface area (Å²) in [6.07, 6.45) is 0. The standard InChI is InChI=1S/C25H21ClN2O2S/c1-17-7-2-3-8-19(17)16-27-22-12-5-4-11-21(22)25(24(27)30)28(13-14-31-25)23(29)18-9-6-10-20(26)15-18/h2-12,15H,13-14,16H2,1H3/t25-/m1/s1. The first-order valence-corrected chi connectivity index (χ1v) is 11.6. The molecular formula is C25H21ClN2O2S. The van der Waals surface area contributed by atoms with Gasteiger partial charge in [0.1, 0.15) is 0 Å². The summed E-state index contributed by atoms with van der Waals surface area (Å²) < 4.78 is 0. The van der Waals surface area contributed by atoms with Crippen LogP contribution < -0.4 is 4.90 Å². The third-order valence-electron chi connectivity index (χ3n) is 6.01. The highest BCUT2D eigenvalue weighted by Crippen LogP contribution is 2.54. The summed E-state index contributed by atoms with van der Waals surface area (Å²) >= 11 is 7.67. The minimum absolute atomic E-state index is 0.0603. The van der Waals surface area contributed by atoms with E-state index in [1.807, 2.05) is 47.4 Å². The first kappa shape index (κ1) is 20.2. The number of hydrogen-bond acceptors (Lipinski definition) is 3. The molecule has 1 atom stereocenters. The summed E-state index contributed by atoms with van der Waals surface area (Å²) in [5, 5.41) is 0.506. The zero-order valence-corrected chi connectivity index (χ0v) is 18.6. The van der Waals surface area contributed by atoms with Crippen molar-refractivity contribution in [3.63, 3.8) is 0 Å². The first-order valence-electron chi connectivity index (χ1n) is 10.2. The molecule has 2 heterocycles. The number of amides is 2. The number of benzene rings is 3. The molecule has 5 rings (SSSR count). The molecule has 4 nitrogen and oxygen atoms in total. The number of fused-ring (bicyclic) bond motifs is 2. The number of nitrogens with zero attached hydrogens (tertiary/aromatic N) is 2. The minimum atomic E-state index is -1.04. The summed E-state index contributed by atoms with van der Waals surface area (Å²) in [7, 11) is 0. The molecule has 0 saturated carbocycles. The van der Waals surface area contributed by atoms with Crippen LogP contribution in [0.15, 0.2) is 72.8 Å². The van der Waals surface area contributed by atoms with Crippen LogP contribution in [0.25, 0.3) is 0 Å². The zero-order valence-electron chi connectivity index (χ0n) is 17.0. The predicted molar refractivity (Wildman–Crippen MR) is 125 cm³/mol. The average molecular weight is 449 g/mol. The molecule has 0 bridgehead atoms. The zero-order chi connectivity index (χ0) is 21.6. The van der Waals surface area contributed by atoms with Crippen molar-refractivity contribution in [2.75, 3.05) is 17.2 Å². The van der Waals surface area contributed by atoms with Gasteiger partial charge in [-0.3, -0.25) is 9.59 Å². The molecule has 3 aromatic carbocycles. The van der Waals surface area contributed by atoms with Crippen LogP contribution in [-0.4, -0.2) is 29.0 Å². The number of anilines is 1. The normalized spacial score (nSPS) is 19.9. The lowest BCUT2D eigenvalue weighted by Gasteiger charge is -2.33. The number of rotatable bonds is 3. The topological polar surface area (TPSA) is 40.6 Å². The maximum absolute atomic E-state index is 14.0. The molecule has 2 aliphatic heterocycles. The van der Waals surface area contributed by atoms with Crippen LogP contribution in [0.5, 0.6) is 0 Å². The summed E-state index contributed by atoms with van der Waals surface area (Å²) in [4.78, 5) is 30.0. The van der Waals surface area contributed by atoms with E-state index in [-0.39, 0.29) is 11.8 Å². The van der Waals surface area contributed by atoms with E-state index < -0.39 is 4.87 Å². The maximum atomic E-state index is 14.0. The molecule has 1 spiro atoms. The number of para-hydroxylation sites is 1. The Labute approximate surface area is 190 Å². The van der Waals surface area contributed by atoms with E-state index in [1.165, 1.54) is 11.8 Å². The number of halogens is 1. The van der Waals surface area contributed by atoms with Gasteiger partial charge in [0.05, 0.1) is 12.2 Å². The van der Waals surface area contributed by atoms with Crippen LogP contribution in [0, 0.1) is 6.92 Å². The van der Waals surface area contributed by atoms with E-state index in [4.69, 9.17) is 11.6 Å². The van der Waals surface area contributed by atoms with Gasteiger partial charge in [-0.25, -0.2) is 0 Å². The van der Waals surface area contributed by atoms with Crippen molar-refractivity contribution in [1.29, 1.82) is 0 Å². The van der Waals surface area contributed by atoms with Crippen LogP contribution in [-0.2, 0) is 16.2 Å². The van der Waals surface area contributed by atoms with Gasteiger partial charge >= 0.3 is 0 Å². The fourth-order valence-electron chi connectivity index (χ4n) is 4.46. The molecule has 3 aromatic rings. The molecule has 2 aliphatic rings. The molecule has 156 valence electrons. The van der Waals surface area contributed by atoms with Crippen LogP contribution in [0.3, 0.4) is 0 Å². The third kappa shape index (κ3) is 3.15. The Morgan fingerprint density at radius 1 is 1.06 bits per heavy atom. The molecule has 0 unspecified atom stereocenters. The van der Waals surface area contributed by atoms with Crippen molar-refractivity contribution in [1.82, 2.24) is 4.90 Å². The Morgan fingerprint density at radius 2 is 1.84 bits per heavy atom. The fourth-order valence-corrected chi connectivity index (χ4v) is 6.11. The van der Waals surface area contributed by atoms with Crippen molar-refractivity contribution in [2.45, 2.75) is 18.3 Å². The van der Waals surface area contributed by atoms with Crippen molar-refractivity contribution in [3.05, 3.63) is 100 Å². The number of thioether (sulfide) groups is 1. The molecule has 31 heavy (non-hydrogen) atoms. The molecule has 1 fully saturated rings. The van der Waals surface area contributed by atoms with Crippen molar-refractivity contribution < 1.29 is 9.59 Å². The van der Waals surface area contributed by atoms with Gasteiger partial charge < -0.3 is 9.80 Å². The fraction of sp³-hybridized carbons (Fsp3) is 0.200. The molecule has 2 amide bonds. The summed E-state index contributed by atoms with van der Waals surface area (Å²) in [5.74, 6) is 0.466. The van der Waals surface area contributed by atoms with Crippen LogP contribution in [0.4, 0.5) is 5.69 Å². The predicted octanol–water partition coefficient (Wildman–Crippen LogP) is 5.24. The molecule has 0 N–H and O–H groups in total. The Balaban J connectivity index is 1.59. The highest BCUT2D eigenvalue weighted by atomic mass is 35.5. The van der Waals surface area contributed by atoms with Gasteiger partial charge in [0.2, 0.25) is 0 Å². The van der Waals surface area contributed by atoms with Crippen molar-refractivity contribution in [2.24, 2.45) is 0 Å². The molecule has 0 aliphatic carbocycles. The van der Waals surface area contributed by atoms with Crippen LogP contribution in [0.1, 0.15) is 27.0 Å². The largest absolute Gasteiger partial charge is 0.311 e. The second-order valence-electron chi connectivity index (χ2n) is 7.79. The third-order valence-corrected chi connectivity index (χ3v) is 7.66. The quantitative estimate of drug-likeness (QED) is 0.550. The second kappa shape index (κ2) is 7.74. The first-order chi connectivity index (χ1) is 15.0. The van der Waals surface area contributed by atoms with Gasteiger partial charge in [-0.05, 0) is 42.3 Å². The molecule has 6 heteroatoms. The minimum Gasteiger partial charge on any atom is -0.311 e. The second-order valence-corrected chi connectivity index (χ2v) is 9.52. The maximum Gasteiger partial charge on any atom is 0.268 e. The van der Waals surface area contributed by atoms with E-state index in [9.17, 15) is 9.59 Å². The van der Waals surface area contributed by atoms with E-state index >= 15 is 0 Å². The summed E-state index contributed by atoms with van der Waals surface area (Å²) in [6, 6.07) is 22.8. The van der Waals surface area contributed by atoms with E-state index in [0.29, 0.717) is 29.4 Å². The van der Waals surface area contributed by atoms with Gasteiger partial charge in [-0.1, -0.05) is 60.1 Å².